The molecule has 0 spiro atoms. The van der Waals surface area contributed by atoms with Crippen LogP contribution in [-0.2, 0) is 0 Å². The van der Waals surface area contributed by atoms with Gasteiger partial charge in [0.15, 0.2) is 0 Å². The Labute approximate surface area is 85.7 Å². The van der Waals surface area contributed by atoms with E-state index in [-0.39, 0.29) is 6.04 Å². The summed E-state index contributed by atoms with van der Waals surface area (Å²) in [5.74, 6) is 0. The third-order valence-corrected chi connectivity index (χ3v) is 2.39. The van der Waals surface area contributed by atoms with Crippen LogP contribution in [0.25, 0.3) is 0 Å². The average Bonchev–Trinajstić information content (AvgIpc) is 2.46. The van der Waals surface area contributed by atoms with Crippen LogP contribution in [0.4, 0.5) is 0 Å². The van der Waals surface area contributed by atoms with Gasteiger partial charge in [0.1, 0.15) is 6.26 Å². The van der Waals surface area contributed by atoms with Crippen molar-refractivity contribution in [3.8, 4) is 0 Å². The number of aryl methyl sites for hydroxylation is 1. The third kappa shape index (κ3) is 3.14. The smallest absolute Gasteiger partial charge is 0.128 e. The molecule has 14 heavy (non-hydrogen) atoms. The lowest BCUT2D eigenvalue weighted by Crippen LogP contribution is -2.15. The number of hydrogen-bond donors (Lipinski definition) is 1. The van der Waals surface area contributed by atoms with E-state index in [2.05, 4.69) is 25.9 Å². The van der Waals surface area contributed by atoms with Gasteiger partial charge < -0.3 is 10.3 Å². The molecule has 0 aliphatic carbocycles. The summed E-state index contributed by atoms with van der Waals surface area (Å²) in [5.41, 5.74) is 8.33. The highest BCUT2D eigenvalue weighted by molar-refractivity contribution is 5.16. The maximum absolute atomic E-state index is 6.05. The fourth-order valence-electron chi connectivity index (χ4n) is 1.40. The summed E-state index contributed by atoms with van der Waals surface area (Å²) >= 11 is 0. The van der Waals surface area contributed by atoms with E-state index >= 15 is 0 Å². The summed E-state index contributed by atoms with van der Waals surface area (Å²) in [5, 5.41) is 3.83. The molecule has 0 bridgehead atoms. The lowest BCUT2D eigenvalue weighted by Gasteiger charge is -2.20. The van der Waals surface area contributed by atoms with E-state index in [1.165, 1.54) is 0 Å². The average molecular weight is 196 g/mol. The van der Waals surface area contributed by atoms with Crippen LogP contribution >= 0.6 is 0 Å². The summed E-state index contributed by atoms with van der Waals surface area (Å²) in [7, 11) is 0. The molecule has 2 N–H and O–H groups in total. The Morgan fingerprint density at radius 3 is 2.57 bits per heavy atom. The molecule has 0 aromatic carbocycles. The molecule has 0 saturated heterocycles. The van der Waals surface area contributed by atoms with Crippen LogP contribution in [0, 0.1) is 12.3 Å². The largest absolute Gasteiger partial charge is 0.364 e. The molecule has 3 heteroatoms. The van der Waals surface area contributed by atoms with Gasteiger partial charge in [-0.05, 0) is 25.2 Å². The highest BCUT2D eigenvalue weighted by atomic mass is 16.5. The van der Waals surface area contributed by atoms with Gasteiger partial charge in [0, 0.05) is 11.6 Å². The molecule has 0 amide bonds. The molecule has 0 radical (unpaired) electrons. The maximum atomic E-state index is 6.05. The molecule has 0 fully saturated rings. The molecule has 80 valence electrons. The van der Waals surface area contributed by atoms with Gasteiger partial charge in [-0.1, -0.05) is 25.9 Å². The van der Waals surface area contributed by atoms with E-state index < -0.39 is 0 Å². The minimum Gasteiger partial charge on any atom is -0.364 e. The van der Waals surface area contributed by atoms with Gasteiger partial charge in [-0.3, -0.25) is 0 Å². The first-order valence-corrected chi connectivity index (χ1v) is 5.06. The Kier molecular flexibility index (Phi) is 3.32. The number of aromatic nitrogens is 1. The summed E-state index contributed by atoms with van der Waals surface area (Å²) in [6, 6.07) is 0.0560. The van der Waals surface area contributed by atoms with Crippen molar-refractivity contribution >= 4 is 0 Å². The van der Waals surface area contributed by atoms with Crippen LogP contribution in [0.15, 0.2) is 10.8 Å². The molecule has 0 aliphatic heterocycles. The maximum Gasteiger partial charge on any atom is 0.128 e. The number of nitrogens with two attached hydrogens (primary N) is 1. The van der Waals surface area contributed by atoms with Crippen molar-refractivity contribution < 1.29 is 4.52 Å². The lowest BCUT2D eigenvalue weighted by atomic mass is 9.87. The lowest BCUT2D eigenvalue weighted by molar-refractivity contribution is 0.349. The first-order chi connectivity index (χ1) is 6.40. The summed E-state index contributed by atoms with van der Waals surface area (Å²) in [6.45, 7) is 8.59. The van der Waals surface area contributed by atoms with Crippen molar-refractivity contribution in [2.45, 2.75) is 46.6 Å². The van der Waals surface area contributed by atoms with Crippen LogP contribution in [0.5, 0.6) is 0 Å². The van der Waals surface area contributed by atoms with E-state index in [0.29, 0.717) is 5.41 Å². The van der Waals surface area contributed by atoms with E-state index in [1.54, 1.807) is 6.26 Å². The van der Waals surface area contributed by atoms with E-state index in [0.717, 1.165) is 24.1 Å². The molecule has 1 aromatic rings. The Balaban J connectivity index is 2.51. The van der Waals surface area contributed by atoms with Gasteiger partial charge in [-0.25, -0.2) is 0 Å². The van der Waals surface area contributed by atoms with Gasteiger partial charge in [0.2, 0.25) is 0 Å². The highest BCUT2D eigenvalue weighted by Crippen LogP contribution is 2.26. The Morgan fingerprint density at radius 1 is 1.50 bits per heavy atom. The second-order valence-corrected chi connectivity index (χ2v) is 5.06. The number of nitrogens with zero attached hydrogens (tertiary/aromatic N) is 1. The van der Waals surface area contributed by atoms with Crippen molar-refractivity contribution in [1.29, 1.82) is 0 Å². The highest BCUT2D eigenvalue weighted by Gasteiger charge is 2.16. The minimum absolute atomic E-state index is 0.0560. The van der Waals surface area contributed by atoms with Gasteiger partial charge >= 0.3 is 0 Å². The van der Waals surface area contributed by atoms with Crippen molar-refractivity contribution in [2.75, 3.05) is 0 Å². The normalized spacial score (nSPS) is 14.4. The van der Waals surface area contributed by atoms with E-state index in [4.69, 9.17) is 10.3 Å². The molecule has 3 nitrogen and oxygen atoms in total. The molecule has 1 rings (SSSR count). The zero-order valence-electron chi connectivity index (χ0n) is 9.50. The molecule has 1 atom stereocenters. The summed E-state index contributed by atoms with van der Waals surface area (Å²) in [6.07, 6.45) is 3.74. The molecular weight excluding hydrogens is 176 g/mol. The van der Waals surface area contributed by atoms with E-state index in [1.807, 2.05) is 6.92 Å². The quantitative estimate of drug-likeness (QED) is 0.808. The zero-order valence-corrected chi connectivity index (χ0v) is 9.50. The van der Waals surface area contributed by atoms with Gasteiger partial charge in [0.25, 0.3) is 0 Å². The fourth-order valence-corrected chi connectivity index (χ4v) is 1.40. The molecule has 0 saturated carbocycles. The van der Waals surface area contributed by atoms with Crippen LogP contribution < -0.4 is 5.73 Å². The third-order valence-electron chi connectivity index (χ3n) is 2.39. The van der Waals surface area contributed by atoms with Crippen LogP contribution in [-0.4, -0.2) is 5.16 Å². The molecule has 0 aliphatic rings. The van der Waals surface area contributed by atoms with E-state index in [9.17, 15) is 0 Å². The number of rotatable bonds is 3. The molecular formula is C11H20N2O. The summed E-state index contributed by atoms with van der Waals surface area (Å²) in [4.78, 5) is 0. The Hall–Kier alpha value is -0.830. The Morgan fingerprint density at radius 2 is 2.14 bits per heavy atom. The second kappa shape index (κ2) is 4.13. The van der Waals surface area contributed by atoms with Crippen molar-refractivity contribution in [2.24, 2.45) is 11.1 Å². The van der Waals surface area contributed by atoms with Gasteiger partial charge in [0.05, 0.1) is 5.69 Å². The molecule has 1 heterocycles. The SMILES string of the molecule is Cc1nocc1C(N)CCC(C)(C)C. The number of hydrogen-bond acceptors (Lipinski definition) is 3. The van der Waals surface area contributed by atoms with Crippen molar-refractivity contribution in [3.05, 3.63) is 17.5 Å². The zero-order chi connectivity index (χ0) is 10.8. The predicted octanol–water partition coefficient (Wildman–Crippen LogP) is 2.81. The second-order valence-electron chi connectivity index (χ2n) is 5.06. The monoisotopic (exact) mass is 196 g/mol. The van der Waals surface area contributed by atoms with Gasteiger partial charge in [-0.15, -0.1) is 0 Å². The Bertz CT molecular complexity index is 286. The van der Waals surface area contributed by atoms with Crippen LogP contribution in [0.2, 0.25) is 0 Å². The van der Waals surface area contributed by atoms with Crippen LogP contribution in [0.3, 0.4) is 0 Å². The topological polar surface area (TPSA) is 52.0 Å². The van der Waals surface area contributed by atoms with Crippen molar-refractivity contribution in [1.82, 2.24) is 5.16 Å². The summed E-state index contributed by atoms with van der Waals surface area (Å²) < 4.78 is 4.87. The molecule has 1 unspecified atom stereocenters. The first-order valence-electron chi connectivity index (χ1n) is 5.06. The fraction of sp³-hybridized carbons (Fsp3) is 0.727. The van der Waals surface area contributed by atoms with Gasteiger partial charge in [-0.2, -0.15) is 0 Å². The first kappa shape index (κ1) is 11.2. The standard InChI is InChI=1S/C11H20N2O/c1-8-9(7-14-13-8)10(12)5-6-11(2,3)4/h7,10H,5-6,12H2,1-4H3. The molecule has 1 aromatic heterocycles. The van der Waals surface area contributed by atoms with Crippen molar-refractivity contribution in [3.63, 3.8) is 0 Å². The minimum atomic E-state index is 0.0560. The predicted molar refractivity (Wildman–Crippen MR) is 56.9 cm³/mol. The van der Waals surface area contributed by atoms with Crippen LogP contribution in [0.1, 0.15) is 50.9 Å².